The number of benzene rings is 2. The molecule has 0 amide bonds. The molecule has 0 aliphatic rings. The summed E-state index contributed by atoms with van der Waals surface area (Å²) in [5.74, 6) is -1.51. The van der Waals surface area contributed by atoms with Gasteiger partial charge in [-0.05, 0) is 47.9 Å². The fraction of sp³-hybridized carbons (Fsp3) is 0.364. The Labute approximate surface area is 155 Å². The predicted octanol–water partition coefficient (Wildman–Crippen LogP) is 5.19. The average molecular weight is 356 g/mol. The highest BCUT2D eigenvalue weighted by atomic mass is 16.4. The van der Waals surface area contributed by atoms with Gasteiger partial charge in [-0.3, -0.25) is 9.59 Å². The highest BCUT2D eigenvalue weighted by Gasteiger charge is 2.02. The van der Waals surface area contributed by atoms with E-state index in [1.54, 1.807) is 0 Å². The highest BCUT2D eigenvalue weighted by molar-refractivity contribution is 5.67. The zero-order valence-corrected chi connectivity index (χ0v) is 15.6. The van der Waals surface area contributed by atoms with Crippen LogP contribution < -0.4 is 0 Å². The second-order valence-electron chi connectivity index (χ2n) is 5.89. The largest absolute Gasteiger partial charge is 0.481 e. The van der Waals surface area contributed by atoms with Crippen LogP contribution in [0.1, 0.15) is 50.7 Å². The molecule has 26 heavy (non-hydrogen) atoms. The summed E-state index contributed by atoms with van der Waals surface area (Å²) < 4.78 is 0. The molecule has 0 radical (unpaired) electrons. The summed E-state index contributed by atoms with van der Waals surface area (Å²) in [6.07, 6.45) is 3.25. The maximum Gasteiger partial charge on any atom is 0.303 e. The second-order valence-corrected chi connectivity index (χ2v) is 5.89. The second kappa shape index (κ2) is 11.9. The number of rotatable bonds is 9. The summed E-state index contributed by atoms with van der Waals surface area (Å²) in [5.41, 5.74) is 4.53. The Morgan fingerprint density at radius 3 is 1.23 bits per heavy atom. The molecule has 0 unspecified atom stereocenters. The molecule has 2 N–H and O–H groups in total. The van der Waals surface area contributed by atoms with Gasteiger partial charge in [0.15, 0.2) is 0 Å². The van der Waals surface area contributed by atoms with Gasteiger partial charge in [-0.2, -0.15) is 0 Å². The maximum atomic E-state index is 10.5. The molecule has 0 spiro atoms. The van der Waals surface area contributed by atoms with Crippen molar-refractivity contribution in [2.45, 2.75) is 52.4 Å². The molecule has 0 saturated carbocycles. The Balaban J connectivity index is 0.00000163. The summed E-state index contributed by atoms with van der Waals surface area (Å²) in [6.45, 7) is 4.00. The molecule has 0 atom stereocenters. The number of aryl methyl sites for hydroxylation is 2. The third kappa shape index (κ3) is 7.97. The quantitative estimate of drug-likeness (QED) is 0.648. The summed E-state index contributed by atoms with van der Waals surface area (Å²) in [5, 5.41) is 17.3. The average Bonchev–Trinajstić information content (AvgIpc) is 2.64. The number of hydrogen-bond acceptors (Lipinski definition) is 2. The first-order valence-electron chi connectivity index (χ1n) is 9.16. The van der Waals surface area contributed by atoms with Crippen molar-refractivity contribution in [3.8, 4) is 11.1 Å². The molecule has 140 valence electrons. The van der Waals surface area contributed by atoms with Gasteiger partial charge in [0.25, 0.3) is 0 Å². The molecule has 0 aliphatic carbocycles. The Kier molecular flexibility index (Phi) is 9.77. The first-order valence-corrected chi connectivity index (χ1v) is 9.16. The minimum Gasteiger partial charge on any atom is -0.481 e. The molecule has 0 saturated heterocycles. The predicted molar refractivity (Wildman–Crippen MR) is 104 cm³/mol. The summed E-state index contributed by atoms with van der Waals surface area (Å²) in [7, 11) is 0. The number of aliphatic carboxylic acids is 2. The molecule has 4 heteroatoms. The van der Waals surface area contributed by atoms with Crippen molar-refractivity contribution in [3.05, 3.63) is 59.7 Å². The van der Waals surface area contributed by atoms with Gasteiger partial charge in [0.1, 0.15) is 0 Å². The van der Waals surface area contributed by atoms with E-state index in [4.69, 9.17) is 10.2 Å². The molecule has 0 bridgehead atoms. The molecule has 2 aromatic rings. The van der Waals surface area contributed by atoms with Crippen molar-refractivity contribution in [1.29, 1.82) is 0 Å². The summed E-state index contributed by atoms with van der Waals surface area (Å²) >= 11 is 0. The van der Waals surface area contributed by atoms with Crippen LogP contribution >= 0.6 is 0 Å². The Hall–Kier alpha value is -2.62. The van der Waals surface area contributed by atoms with Crippen LogP contribution in [-0.4, -0.2) is 22.2 Å². The molecule has 0 fully saturated rings. The minimum atomic E-state index is -0.755. The van der Waals surface area contributed by atoms with Crippen LogP contribution in [0.5, 0.6) is 0 Å². The van der Waals surface area contributed by atoms with E-state index in [0.717, 1.165) is 35.1 Å². The molecule has 0 heterocycles. The molecular weight excluding hydrogens is 328 g/mol. The van der Waals surface area contributed by atoms with E-state index in [0.29, 0.717) is 12.8 Å². The van der Waals surface area contributed by atoms with E-state index in [2.05, 4.69) is 24.3 Å². The van der Waals surface area contributed by atoms with Crippen LogP contribution in [0.15, 0.2) is 48.5 Å². The third-order valence-electron chi connectivity index (χ3n) is 3.95. The minimum absolute atomic E-state index is 0.199. The number of carbonyl (C=O) groups is 2. The lowest BCUT2D eigenvalue weighted by atomic mass is 9.99. The van der Waals surface area contributed by atoms with Gasteiger partial charge in [-0.1, -0.05) is 62.4 Å². The lowest BCUT2D eigenvalue weighted by molar-refractivity contribution is -0.138. The Morgan fingerprint density at radius 1 is 0.654 bits per heavy atom. The van der Waals surface area contributed by atoms with E-state index in [1.165, 1.54) is 0 Å². The van der Waals surface area contributed by atoms with Crippen molar-refractivity contribution in [3.63, 3.8) is 0 Å². The molecule has 0 aromatic heterocycles. The van der Waals surface area contributed by atoms with Crippen LogP contribution in [0.25, 0.3) is 11.1 Å². The molecule has 4 nitrogen and oxygen atoms in total. The summed E-state index contributed by atoms with van der Waals surface area (Å²) in [4.78, 5) is 21.1. The van der Waals surface area contributed by atoms with Crippen molar-refractivity contribution in [1.82, 2.24) is 0 Å². The van der Waals surface area contributed by atoms with Gasteiger partial charge >= 0.3 is 11.9 Å². The Bertz CT molecular complexity index is 611. The van der Waals surface area contributed by atoms with E-state index in [1.807, 2.05) is 38.1 Å². The highest BCUT2D eigenvalue weighted by Crippen LogP contribution is 2.21. The van der Waals surface area contributed by atoms with E-state index < -0.39 is 11.9 Å². The van der Waals surface area contributed by atoms with Crippen molar-refractivity contribution in [2.24, 2.45) is 0 Å². The van der Waals surface area contributed by atoms with Crippen LogP contribution in [0.2, 0.25) is 0 Å². The normalized spacial score (nSPS) is 9.92. The van der Waals surface area contributed by atoms with Gasteiger partial charge in [0, 0.05) is 12.8 Å². The zero-order chi connectivity index (χ0) is 19.4. The molecular formula is C22H28O4. The van der Waals surface area contributed by atoms with E-state index in [-0.39, 0.29) is 12.8 Å². The first-order chi connectivity index (χ1) is 12.5. The third-order valence-corrected chi connectivity index (χ3v) is 3.95. The Morgan fingerprint density at radius 2 is 0.962 bits per heavy atom. The molecule has 2 rings (SSSR count). The van der Waals surface area contributed by atoms with Crippen molar-refractivity contribution >= 4 is 11.9 Å². The fourth-order valence-electron chi connectivity index (χ4n) is 2.62. The number of carboxylic acid groups (broad SMARTS) is 2. The number of hydrogen-bond donors (Lipinski definition) is 2. The lowest BCUT2D eigenvalue weighted by Gasteiger charge is -2.06. The van der Waals surface area contributed by atoms with Gasteiger partial charge in [-0.15, -0.1) is 0 Å². The van der Waals surface area contributed by atoms with E-state index >= 15 is 0 Å². The standard InChI is InChI=1S/C20H22O4.C2H6/c21-19(22)5-1-3-15-7-11-17(12-8-15)18-13-9-16(10-14-18)4-2-6-20(23)24;1-2/h7-14H,1-6H2,(H,21,22)(H,23,24);1-2H3. The van der Waals surface area contributed by atoms with Crippen LogP contribution in [-0.2, 0) is 22.4 Å². The smallest absolute Gasteiger partial charge is 0.303 e. The van der Waals surface area contributed by atoms with Gasteiger partial charge < -0.3 is 10.2 Å². The molecule has 2 aromatic carbocycles. The monoisotopic (exact) mass is 356 g/mol. The lowest BCUT2D eigenvalue weighted by Crippen LogP contribution is -1.96. The van der Waals surface area contributed by atoms with Gasteiger partial charge in [0.2, 0.25) is 0 Å². The van der Waals surface area contributed by atoms with Crippen LogP contribution in [0, 0.1) is 0 Å². The van der Waals surface area contributed by atoms with Crippen LogP contribution in [0.3, 0.4) is 0 Å². The van der Waals surface area contributed by atoms with E-state index in [9.17, 15) is 9.59 Å². The van der Waals surface area contributed by atoms with Gasteiger partial charge in [-0.25, -0.2) is 0 Å². The summed E-state index contributed by atoms with van der Waals surface area (Å²) in [6, 6.07) is 16.4. The van der Waals surface area contributed by atoms with Gasteiger partial charge in [0.05, 0.1) is 0 Å². The van der Waals surface area contributed by atoms with Crippen molar-refractivity contribution < 1.29 is 19.8 Å². The first kappa shape index (κ1) is 21.4. The van der Waals surface area contributed by atoms with Crippen LogP contribution in [0.4, 0.5) is 0 Å². The zero-order valence-electron chi connectivity index (χ0n) is 15.6. The maximum absolute atomic E-state index is 10.5. The fourth-order valence-corrected chi connectivity index (χ4v) is 2.62. The number of carboxylic acids is 2. The SMILES string of the molecule is CC.O=C(O)CCCc1ccc(-c2ccc(CCCC(=O)O)cc2)cc1. The molecule has 0 aliphatic heterocycles. The van der Waals surface area contributed by atoms with Crippen molar-refractivity contribution in [2.75, 3.05) is 0 Å². The topological polar surface area (TPSA) is 74.6 Å².